The smallest absolute Gasteiger partial charge is 0.137 e. The summed E-state index contributed by atoms with van der Waals surface area (Å²) in [5.74, 6) is 0.894. The van der Waals surface area contributed by atoms with Crippen LogP contribution in [0.25, 0.3) is 0 Å². The van der Waals surface area contributed by atoms with Crippen LogP contribution in [-0.2, 0) is 13.0 Å². The summed E-state index contributed by atoms with van der Waals surface area (Å²) in [4.78, 5) is 0. The summed E-state index contributed by atoms with van der Waals surface area (Å²) in [5.41, 5.74) is 2.54. The fraction of sp³-hybridized carbons (Fsp3) is 0.333. The quantitative estimate of drug-likeness (QED) is 0.564. The fourth-order valence-corrected chi connectivity index (χ4v) is 3.86. The molecule has 1 atom stereocenters. The summed E-state index contributed by atoms with van der Waals surface area (Å²) in [6.07, 6.45) is 2.20. The van der Waals surface area contributed by atoms with E-state index in [1.807, 2.05) is 6.07 Å². The first-order valence-corrected chi connectivity index (χ1v) is 8.98. The second-order valence-corrected chi connectivity index (χ2v) is 7.16. The number of benzene rings is 2. The van der Waals surface area contributed by atoms with Crippen LogP contribution in [0, 0.1) is 0 Å². The van der Waals surface area contributed by atoms with E-state index in [0.29, 0.717) is 6.04 Å². The van der Waals surface area contributed by atoms with Crippen molar-refractivity contribution in [3.05, 3.63) is 62.5 Å². The van der Waals surface area contributed by atoms with Crippen LogP contribution in [0.3, 0.4) is 0 Å². The van der Waals surface area contributed by atoms with Crippen LogP contribution in [0.1, 0.15) is 24.5 Å². The van der Waals surface area contributed by atoms with Crippen LogP contribution in [0.4, 0.5) is 0 Å². The molecule has 2 aromatic carbocycles. The highest BCUT2D eigenvalue weighted by Crippen LogP contribution is 2.32. The standard InChI is InChI=1S/C18H21Br2NO.ClH/c1-13(8-9-14-6-4-3-5-7-14)21-12-15-10-16(19)11-17(20)18(15)22-2;/h3-7,10-11,13,21H,8-9,12H2,1-2H3;1H. The molecule has 0 aliphatic rings. The van der Waals surface area contributed by atoms with E-state index < -0.39 is 0 Å². The van der Waals surface area contributed by atoms with Crippen LogP contribution in [-0.4, -0.2) is 13.2 Å². The molecule has 0 aromatic heterocycles. The first-order valence-electron chi connectivity index (χ1n) is 7.39. The molecular formula is C18H22Br2ClNO. The molecule has 0 aliphatic carbocycles. The maximum absolute atomic E-state index is 5.48. The number of methoxy groups -OCH3 is 1. The summed E-state index contributed by atoms with van der Waals surface area (Å²) in [5, 5.41) is 3.58. The van der Waals surface area contributed by atoms with Crippen molar-refractivity contribution in [3.63, 3.8) is 0 Å². The molecule has 2 rings (SSSR count). The van der Waals surface area contributed by atoms with Crippen molar-refractivity contribution in [2.75, 3.05) is 7.11 Å². The Morgan fingerprint density at radius 3 is 2.48 bits per heavy atom. The van der Waals surface area contributed by atoms with E-state index in [1.54, 1.807) is 7.11 Å². The van der Waals surface area contributed by atoms with Gasteiger partial charge in [0.25, 0.3) is 0 Å². The van der Waals surface area contributed by atoms with Gasteiger partial charge in [0.15, 0.2) is 0 Å². The fourth-order valence-electron chi connectivity index (χ4n) is 2.39. The molecule has 0 radical (unpaired) electrons. The van der Waals surface area contributed by atoms with E-state index in [0.717, 1.165) is 39.6 Å². The van der Waals surface area contributed by atoms with Gasteiger partial charge in [-0.2, -0.15) is 0 Å². The van der Waals surface area contributed by atoms with Gasteiger partial charge in [-0.3, -0.25) is 0 Å². The summed E-state index contributed by atoms with van der Waals surface area (Å²) >= 11 is 7.08. The lowest BCUT2D eigenvalue weighted by Crippen LogP contribution is -2.26. The van der Waals surface area contributed by atoms with Crippen molar-refractivity contribution in [2.24, 2.45) is 0 Å². The average Bonchev–Trinajstić information content (AvgIpc) is 2.51. The molecule has 0 fully saturated rings. The second kappa shape index (κ2) is 10.3. The minimum Gasteiger partial charge on any atom is -0.495 e. The van der Waals surface area contributed by atoms with Gasteiger partial charge >= 0.3 is 0 Å². The Labute approximate surface area is 161 Å². The minimum atomic E-state index is 0. The molecule has 2 aromatic rings. The maximum Gasteiger partial charge on any atom is 0.137 e. The molecule has 2 nitrogen and oxygen atoms in total. The minimum absolute atomic E-state index is 0. The summed E-state index contributed by atoms with van der Waals surface area (Å²) in [6, 6.07) is 15.2. The normalized spacial score (nSPS) is 11.7. The number of aryl methyl sites for hydroxylation is 1. The molecule has 1 N–H and O–H groups in total. The Balaban J connectivity index is 0.00000264. The van der Waals surface area contributed by atoms with Gasteiger partial charge in [0.2, 0.25) is 0 Å². The summed E-state index contributed by atoms with van der Waals surface area (Å²) in [7, 11) is 1.70. The number of halogens is 3. The molecule has 23 heavy (non-hydrogen) atoms. The molecule has 0 amide bonds. The number of hydrogen-bond donors (Lipinski definition) is 1. The number of rotatable bonds is 7. The molecule has 5 heteroatoms. The molecule has 0 spiro atoms. The second-order valence-electron chi connectivity index (χ2n) is 5.39. The van der Waals surface area contributed by atoms with Crippen molar-refractivity contribution in [1.82, 2.24) is 5.32 Å². The van der Waals surface area contributed by atoms with Crippen LogP contribution in [0.15, 0.2) is 51.4 Å². The third-order valence-corrected chi connectivity index (χ3v) is 4.69. The first-order chi connectivity index (χ1) is 10.6. The zero-order valence-corrected chi connectivity index (χ0v) is 17.3. The topological polar surface area (TPSA) is 21.3 Å². The predicted octanol–water partition coefficient (Wildman–Crippen LogP) is 5.75. The highest BCUT2D eigenvalue weighted by molar-refractivity contribution is 9.11. The van der Waals surface area contributed by atoms with Crippen molar-refractivity contribution in [2.45, 2.75) is 32.4 Å². The van der Waals surface area contributed by atoms with E-state index in [4.69, 9.17) is 4.74 Å². The maximum atomic E-state index is 5.48. The van der Waals surface area contributed by atoms with Crippen molar-refractivity contribution in [3.8, 4) is 5.75 Å². The van der Waals surface area contributed by atoms with Crippen LogP contribution in [0.2, 0.25) is 0 Å². The summed E-state index contributed by atoms with van der Waals surface area (Å²) in [6.45, 7) is 3.01. The Bertz CT molecular complexity index is 607. The van der Waals surface area contributed by atoms with Crippen molar-refractivity contribution < 1.29 is 4.74 Å². The van der Waals surface area contributed by atoms with Gasteiger partial charge < -0.3 is 10.1 Å². The molecule has 0 saturated heterocycles. The Morgan fingerprint density at radius 1 is 1.13 bits per heavy atom. The van der Waals surface area contributed by atoms with Gasteiger partial charge in [-0.25, -0.2) is 0 Å². The van der Waals surface area contributed by atoms with E-state index in [9.17, 15) is 0 Å². The Morgan fingerprint density at radius 2 is 1.83 bits per heavy atom. The van der Waals surface area contributed by atoms with Gasteiger partial charge in [-0.1, -0.05) is 46.3 Å². The number of ether oxygens (including phenoxy) is 1. The van der Waals surface area contributed by atoms with Gasteiger partial charge in [-0.15, -0.1) is 12.4 Å². The molecule has 0 aliphatic heterocycles. The Hall–Kier alpha value is -0.550. The highest BCUT2D eigenvalue weighted by atomic mass is 79.9. The van der Waals surface area contributed by atoms with Crippen LogP contribution >= 0.6 is 44.3 Å². The zero-order chi connectivity index (χ0) is 15.9. The lowest BCUT2D eigenvalue weighted by Gasteiger charge is -2.16. The van der Waals surface area contributed by atoms with Crippen molar-refractivity contribution in [1.29, 1.82) is 0 Å². The van der Waals surface area contributed by atoms with Gasteiger partial charge in [0, 0.05) is 22.6 Å². The third-order valence-electron chi connectivity index (χ3n) is 3.64. The Kier molecular flexibility index (Phi) is 9.22. The third kappa shape index (κ3) is 6.46. The highest BCUT2D eigenvalue weighted by Gasteiger charge is 2.10. The van der Waals surface area contributed by atoms with Gasteiger partial charge in [-0.05, 0) is 53.4 Å². The predicted molar refractivity (Wildman–Crippen MR) is 107 cm³/mol. The molecule has 1 unspecified atom stereocenters. The zero-order valence-electron chi connectivity index (χ0n) is 13.3. The van der Waals surface area contributed by atoms with E-state index in [-0.39, 0.29) is 12.4 Å². The van der Waals surface area contributed by atoms with E-state index >= 15 is 0 Å². The lowest BCUT2D eigenvalue weighted by molar-refractivity contribution is 0.402. The number of nitrogens with one attached hydrogen (secondary N) is 1. The monoisotopic (exact) mass is 461 g/mol. The molecule has 0 bridgehead atoms. The van der Waals surface area contributed by atoms with Gasteiger partial charge in [0.1, 0.15) is 5.75 Å². The van der Waals surface area contributed by atoms with Crippen molar-refractivity contribution >= 4 is 44.3 Å². The number of hydrogen-bond acceptors (Lipinski definition) is 2. The average molecular weight is 464 g/mol. The lowest BCUT2D eigenvalue weighted by atomic mass is 10.1. The van der Waals surface area contributed by atoms with Crippen LogP contribution in [0.5, 0.6) is 5.75 Å². The first kappa shape index (κ1) is 20.5. The molecular weight excluding hydrogens is 441 g/mol. The molecule has 0 saturated carbocycles. The van der Waals surface area contributed by atoms with E-state index in [2.05, 4.69) is 80.5 Å². The van der Waals surface area contributed by atoms with Crippen LogP contribution < -0.4 is 10.1 Å². The SMILES string of the molecule is COc1c(Br)cc(Br)cc1CNC(C)CCc1ccccc1.Cl. The molecule has 126 valence electrons. The van der Waals surface area contributed by atoms with E-state index in [1.165, 1.54) is 5.56 Å². The largest absolute Gasteiger partial charge is 0.495 e. The van der Waals surface area contributed by atoms with Gasteiger partial charge in [0.05, 0.1) is 11.6 Å². The summed E-state index contributed by atoms with van der Waals surface area (Å²) < 4.78 is 7.51. The molecule has 0 heterocycles.